The van der Waals surface area contributed by atoms with Crippen LogP contribution in [0.5, 0.6) is 0 Å². The van der Waals surface area contributed by atoms with E-state index in [1.54, 1.807) is 0 Å². The Labute approximate surface area is 122 Å². The number of nitrogens with zero attached hydrogens (tertiary/aromatic N) is 1. The number of hydrogen-bond acceptors (Lipinski definition) is 2. The molecule has 0 aromatic heterocycles. The first kappa shape index (κ1) is 15.1. The summed E-state index contributed by atoms with van der Waals surface area (Å²) in [6, 6.07) is 0.145. The van der Waals surface area contributed by atoms with Crippen LogP contribution in [-0.2, 0) is 4.79 Å². The molecule has 4 atom stereocenters. The third kappa shape index (κ3) is 2.64. The summed E-state index contributed by atoms with van der Waals surface area (Å²) < 4.78 is 0. The van der Waals surface area contributed by atoms with E-state index < -0.39 is 0 Å². The van der Waals surface area contributed by atoms with E-state index in [-0.39, 0.29) is 24.4 Å². The second kappa shape index (κ2) is 5.25. The van der Waals surface area contributed by atoms with Gasteiger partial charge in [0.25, 0.3) is 0 Å². The summed E-state index contributed by atoms with van der Waals surface area (Å²) in [4.78, 5) is 14.8. The minimum absolute atomic E-state index is 0. The summed E-state index contributed by atoms with van der Waals surface area (Å²) in [6.07, 6.45) is 5.96. The molecule has 2 bridgehead atoms. The van der Waals surface area contributed by atoms with Crippen LogP contribution in [0.25, 0.3) is 0 Å². The Morgan fingerprint density at radius 3 is 2.26 bits per heavy atom. The monoisotopic (exact) mass is 286 g/mol. The fourth-order valence-corrected chi connectivity index (χ4v) is 4.25. The van der Waals surface area contributed by atoms with Gasteiger partial charge >= 0.3 is 0 Å². The lowest BCUT2D eigenvalue weighted by Crippen LogP contribution is -2.50. The highest BCUT2D eigenvalue weighted by Crippen LogP contribution is 2.48. The molecule has 1 saturated heterocycles. The molecule has 2 N–H and O–H groups in total. The van der Waals surface area contributed by atoms with Crippen LogP contribution in [0.1, 0.15) is 46.0 Å². The number of nitrogens with two attached hydrogens (primary N) is 1. The quantitative estimate of drug-likeness (QED) is 0.805. The van der Waals surface area contributed by atoms with Crippen molar-refractivity contribution in [2.75, 3.05) is 13.1 Å². The van der Waals surface area contributed by atoms with Crippen molar-refractivity contribution in [3.63, 3.8) is 0 Å². The zero-order valence-corrected chi connectivity index (χ0v) is 12.9. The first-order valence-corrected chi connectivity index (χ1v) is 7.52. The van der Waals surface area contributed by atoms with Crippen LogP contribution >= 0.6 is 12.4 Å². The third-order valence-corrected chi connectivity index (χ3v) is 5.69. The molecule has 0 aromatic carbocycles. The zero-order chi connectivity index (χ0) is 12.9. The minimum Gasteiger partial charge on any atom is -0.342 e. The SMILES string of the molecule is CC1(C)CCN(C(=O)C2C3CCC(C3)C2N)CC1.Cl. The molecule has 1 amide bonds. The normalized spacial score (nSPS) is 40.1. The van der Waals surface area contributed by atoms with Gasteiger partial charge in [0.2, 0.25) is 5.91 Å². The molecule has 3 aliphatic rings. The van der Waals surface area contributed by atoms with Gasteiger partial charge < -0.3 is 10.6 Å². The molecule has 0 spiro atoms. The largest absolute Gasteiger partial charge is 0.342 e. The topological polar surface area (TPSA) is 46.3 Å². The molecule has 0 radical (unpaired) electrons. The summed E-state index contributed by atoms with van der Waals surface area (Å²) >= 11 is 0. The van der Waals surface area contributed by atoms with E-state index in [4.69, 9.17) is 5.73 Å². The minimum atomic E-state index is 0. The van der Waals surface area contributed by atoms with E-state index in [2.05, 4.69) is 18.7 Å². The summed E-state index contributed by atoms with van der Waals surface area (Å²) in [5, 5.41) is 0. The Kier molecular flexibility index (Phi) is 4.18. The van der Waals surface area contributed by atoms with Crippen molar-refractivity contribution in [2.45, 2.75) is 52.0 Å². The van der Waals surface area contributed by atoms with Gasteiger partial charge in [-0.2, -0.15) is 0 Å². The lowest BCUT2D eigenvalue weighted by molar-refractivity contribution is -0.139. The maximum absolute atomic E-state index is 12.7. The maximum Gasteiger partial charge on any atom is 0.227 e. The number of piperidine rings is 1. The molecule has 2 aliphatic carbocycles. The molecule has 1 heterocycles. The van der Waals surface area contributed by atoms with Crippen LogP contribution in [0.2, 0.25) is 0 Å². The molecule has 3 rings (SSSR count). The summed E-state index contributed by atoms with van der Waals surface area (Å²) in [6.45, 7) is 6.48. The third-order valence-electron chi connectivity index (χ3n) is 5.69. The number of hydrogen-bond donors (Lipinski definition) is 1. The van der Waals surface area contributed by atoms with E-state index in [9.17, 15) is 4.79 Å². The molecule has 110 valence electrons. The molecule has 1 aliphatic heterocycles. The number of carbonyl (C=O) groups excluding carboxylic acids is 1. The van der Waals surface area contributed by atoms with Gasteiger partial charge in [-0.15, -0.1) is 12.4 Å². The molecule has 4 heteroatoms. The van der Waals surface area contributed by atoms with Crippen LogP contribution in [0, 0.1) is 23.2 Å². The zero-order valence-electron chi connectivity index (χ0n) is 12.1. The number of rotatable bonds is 1. The fraction of sp³-hybridized carbons (Fsp3) is 0.933. The molecule has 3 nitrogen and oxygen atoms in total. The van der Waals surface area contributed by atoms with Gasteiger partial charge in [-0.1, -0.05) is 13.8 Å². The number of halogens is 1. The Hall–Kier alpha value is -0.280. The highest BCUT2D eigenvalue weighted by Gasteiger charge is 2.50. The Balaban J connectivity index is 0.00000133. The lowest BCUT2D eigenvalue weighted by Gasteiger charge is -2.40. The molecule has 4 unspecified atom stereocenters. The molecule has 2 saturated carbocycles. The second-order valence-electron chi connectivity index (χ2n) is 7.43. The van der Waals surface area contributed by atoms with E-state index in [0.29, 0.717) is 23.2 Å². The predicted octanol–water partition coefficient (Wildman–Crippen LogP) is 2.43. The van der Waals surface area contributed by atoms with Crippen LogP contribution in [0.4, 0.5) is 0 Å². The maximum atomic E-state index is 12.7. The van der Waals surface area contributed by atoms with Crippen LogP contribution in [0.15, 0.2) is 0 Å². The Morgan fingerprint density at radius 2 is 1.74 bits per heavy atom. The predicted molar refractivity (Wildman–Crippen MR) is 79.1 cm³/mol. The standard InChI is InChI=1S/C15H26N2O.ClH/c1-15(2)5-7-17(8-6-15)14(18)12-10-3-4-11(9-10)13(12)16;/h10-13H,3-9,16H2,1-2H3;1H. The second-order valence-corrected chi connectivity index (χ2v) is 7.43. The van der Waals surface area contributed by atoms with Gasteiger partial charge in [0.1, 0.15) is 0 Å². The molecular formula is C15H27ClN2O. The average molecular weight is 287 g/mol. The number of likely N-dealkylation sites (tertiary alicyclic amines) is 1. The van der Waals surface area contributed by atoms with Crippen molar-refractivity contribution in [2.24, 2.45) is 28.9 Å². The molecular weight excluding hydrogens is 260 g/mol. The van der Waals surface area contributed by atoms with Gasteiger partial charge in [0, 0.05) is 19.1 Å². The number of carbonyl (C=O) groups is 1. The van der Waals surface area contributed by atoms with E-state index in [1.165, 1.54) is 19.3 Å². The molecule has 19 heavy (non-hydrogen) atoms. The van der Waals surface area contributed by atoms with Crippen LogP contribution in [0.3, 0.4) is 0 Å². The number of fused-ring (bicyclic) bond motifs is 2. The van der Waals surface area contributed by atoms with Crippen molar-refractivity contribution >= 4 is 18.3 Å². The Morgan fingerprint density at radius 1 is 1.16 bits per heavy atom. The van der Waals surface area contributed by atoms with Gasteiger partial charge in [-0.3, -0.25) is 4.79 Å². The number of amides is 1. The van der Waals surface area contributed by atoms with Crippen molar-refractivity contribution < 1.29 is 4.79 Å². The first-order chi connectivity index (χ1) is 8.48. The van der Waals surface area contributed by atoms with Crippen LogP contribution in [-0.4, -0.2) is 29.9 Å². The van der Waals surface area contributed by atoms with Gasteiger partial charge in [-0.25, -0.2) is 0 Å². The van der Waals surface area contributed by atoms with Crippen LogP contribution < -0.4 is 5.73 Å². The van der Waals surface area contributed by atoms with Gasteiger partial charge in [0.15, 0.2) is 0 Å². The van der Waals surface area contributed by atoms with E-state index >= 15 is 0 Å². The highest BCUT2D eigenvalue weighted by atomic mass is 35.5. The van der Waals surface area contributed by atoms with E-state index in [1.807, 2.05) is 0 Å². The first-order valence-electron chi connectivity index (χ1n) is 7.52. The lowest BCUT2D eigenvalue weighted by atomic mass is 9.80. The van der Waals surface area contributed by atoms with Crippen molar-refractivity contribution in [1.29, 1.82) is 0 Å². The fourth-order valence-electron chi connectivity index (χ4n) is 4.25. The van der Waals surface area contributed by atoms with Crippen molar-refractivity contribution in [3.05, 3.63) is 0 Å². The van der Waals surface area contributed by atoms with Crippen molar-refractivity contribution in [3.8, 4) is 0 Å². The van der Waals surface area contributed by atoms with Gasteiger partial charge in [0.05, 0.1) is 5.92 Å². The van der Waals surface area contributed by atoms with E-state index in [0.717, 1.165) is 25.9 Å². The Bertz CT molecular complexity index is 346. The van der Waals surface area contributed by atoms with Gasteiger partial charge in [-0.05, 0) is 49.4 Å². The van der Waals surface area contributed by atoms with Crippen molar-refractivity contribution in [1.82, 2.24) is 4.90 Å². The highest BCUT2D eigenvalue weighted by molar-refractivity contribution is 5.85. The average Bonchev–Trinajstić information content (AvgIpc) is 2.88. The smallest absolute Gasteiger partial charge is 0.227 e. The molecule has 3 fully saturated rings. The molecule has 0 aromatic rings. The summed E-state index contributed by atoms with van der Waals surface area (Å²) in [5.41, 5.74) is 6.69. The summed E-state index contributed by atoms with van der Waals surface area (Å²) in [5.74, 6) is 1.73. The summed E-state index contributed by atoms with van der Waals surface area (Å²) in [7, 11) is 0.